The van der Waals surface area contributed by atoms with Crippen LogP contribution in [-0.4, -0.2) is 45.0 Å². The largest absolute Gasteiger partial charge is 0.481 e. The number of imidazole rings is 1. The first-order valence-electron chi connectivity index (χ1n) is 12.4. The summed E-state index contributed by atoms with van der Waals surface area (Å²) in [6, 6.07) is 6.26. The van der Waals surface area contributed by atoms with Gasteiger partial charge in [0.25, 0.3) is 0 Å². The molecule has 2 aliphatic rings. The minimum atomic E-state index is -0.703. The number of carboxylic acid groups (broad SMARTS) is 1. The molecule has 2 aromatic heterocycles. The van der Waals surface area contributed by atoms with Crippen molar-refractivity contribution in [2.45, 2.75) is 77.3 Å². The number of carbonyl (C=O) groups excluding carboxylic acids is 1. The number of carboxylic acids is 1. The maximum Gasteiger partial charge on any atom is 0.414 e. The number of fused-ring (bicyclic) bond motifs is 3. The van der Waals surface area contributed by atoms with E-state index in [4.69, 9.17) is 14.2 Å². The second-order valence-corrected chi connectivity index (χ2v) is 9.84. The van der Waals surface area contributed by atoms with E-state index >= 15 is 0 Å². The molecule has 1 aliphatic heterocycles. The predicted molar refractivity (Wildman–Crippen MR) is 130 cm³/mol. The van der Waals surface area contributed by atoms with Gasteiger partial charge in [0.2, 0.25) is 0 Å². The zero-order valence-corrected chi connectivity index (χ0v) is 20.5. The first-order chi connectivity index (χ1) is 16.9. The molecule has 1 fully saturated rings. The number of benzene rings is 1. The number of nitrogens with zero attached hydrogens (tertiary/aromatic N) is 4. The average molecular weight is 481 g/mol. The Labute approximate surface area is 204 Å². The summed E-state index contributed by atoms with van der Waals surface area (Å²) < 4.78 is 12.8. The van der Waals surface area contributed by atoms with E-state index in [-0.39, 0.29) is 24.1 Å². The van der Waals surface area contributed by atoms with Crippen molar-refractivity contribution in [3.8, 4) is 0 Å². The molecule has 1 atom stereocenters. The molecule has 1 saturated carbocycles. The van der Waals surface area contributed by atoms with Crippen LogP contribution in [0, 0.1) is 12.8 Å². The van der Waals surface area contributed by atoms with E-state index in [1.807, 2.05) is 26.0 Å². The van der Waals surface area contributed by atoms with E-state index < -0.39 is 5.97 Å². The highest BCUT2D eigenvalue weighted by molar-refractivity contribution is 5.95. The van der Waals surface area contributed by atoms with Gasteiger partial charge in [-0.2, -0.15) is 0 Å². The second-order valence-electron chi connectivity index (χ2n) is 9.84. The number of amides is 1. The van der Waals surface area contributed by atoms with Crippen molar-refractivity contribution in [1.82, 2.24) is 14.7 Å². The molecule has 3 aromatic rings. The first kappa shape index (κ1) is 23.4. The van der Waals surface area contributed by atoms with Crippen LogP contribution in [0.5, 0.6) is 0 Å². The highest BCUT2D eigenvalue weighted by Gasteiger charge is 2.33. The molecule has 186 valence electrons. The Bertz CT molecular complexity index is 1250. The zero-order valence-electron chi connectivity index (χ0n) is 20.5. The van der Waals surface area contributed by atoms with Crippen LogP contribution in [0.15, 0.2) is 22.7 Å². The van der Waals surface area contributed by atoms with Crippen molar-refractivity contribution in [3.05, 3.63) is 41.0 Å². The average Bonchev–Trinajstić information content (AvgIpc) is 3.45. The third-order valence-electron chi connectivity index (χ3n) is 7.58. The van der Waals surface area contributed by atoms with Gasteiger partial charge in [-0.3, -0.25) is 9.69 Å². The van der Waals surface area contributed by atoms with Crippen molar-refractivity contribution in [1.29, 1.82) is 0 Å². The third kappa shape index (κ3) is 4.28. The maximum atomic E-state index is 12.6. The number of aromatic nitrogens is 3. The topological polar surface area (TPSA) is 111 Å². The van der Waals surface area contributed by atoms with Gasteiger partial charge in [-0.15, -0.1) is 0 Å². The van der Waals surface area contributed by atoms with Gasteiger partial charge in [0.1, 0.15) is 11.6 Å². The van der Waals surface area contributed by atoms with E-state index in [9.17, 15) is 14.7 Å². The molecule has 0 spiro atoms. The van der Waals surface area contributed by atoms with Gasteiger partial charge in [0.15, 0.2) is 0 Å². The molecule has 1 unspecified atom stereocenters. The Balaban J connectivity index is 1.56. The van der Waals surface area contributed by atoms with Crippen molar-refractivity contribution in [3.63, 3.8) is 0 Å². The van der Waals surface area contributed by atoms with Crippen LogP contribution < -0.4 is 4.90 Å². The molecule has 1 aliphatic carbocycles. The van der Waals surface area contributed by atoms with E-state index in [0.717, 1.165) is 65.2 Å². The summed E-state index contributed by atoms with van der Waals surface area (Å²) in [7, 11) is 1.41. The summed E-state index contributed by atoms with van der Waals surface area (Å²) in [5.74, 6) is 0.809. The Morgan fingerprint density at radius 2 is 1.94 bits per heavy atom. The van der Waals surface area contributed by atoms with Gasteiger partial charge in [0, 0.05) is 36.6 Å². The monoisotopic (exact) mass is 480 g/mol. The molecule has 9 heteroatoms. The standard InChI is InChI=1S/C26H32N4O5/c1-15-14-19(35-28-15)9-13-23-27-24-20-10-4-16(2)29(26(33)34-3)21(20)11-12-22(24)30(23)18-7-5-17(6-8-18)25(31)32/h11-12,14,16-18H,4-10,13H2,1-3H3,(H,31,32). The molecule has 3 heterocycles. The first-order valence-corrected chi connectivity index (χ1v) is 12.4. The smallest absolute Gasteiger partial charge is 0.414 e. The molecule has 1 N–H and O–H groups in total. The van der Waals surface area contributed by atoms with Gasteiger partial charge >= 0.3 is 12.1 Å². The molecule has 1 aromatic carbocycles. The van der Waals surface area contributed by atoms with Gasteiger partial charge < -0.3 is 18.9 Å². The Morgan fingerprint density at radius 3 is 2.60 bits per heavy atom. The van der Waals surface area contributed by atoms with Crippen LogP contribution in [0.4, 0.5) is 10.5 Å². The van der Waals surface area contributed by atoms with E-state index in [2.05, 4.69) is 15.8 Å². The fourth-order valence-corrected chi connectivity index (χ4v) is 5.76. The number of aliphatic carboxylic acids is 1. The lowest BCUT2D eigenvalue weighted by atomic mass is 9.85. The van der Waals surface area contributed by atoms with Crippen LogP contribution >= 0.6 is 0 Å². The number of anilines is 1. The molecular formula is C26H32N4O5. The number of hydrogen-bond donors (Lipinski definition) is 1. The normalized spacial score (nSPS) is 22.3. The number of rotatable bonds is 5. The van der Waals surface area contributed by atoms with Crippen LogP contribution in [0.3, 0.4) is 0 Å². The molecule has 9 nitrogen and oxygen atoms in total. The molecule has 0 saturated heterocycles. The van der Waals surface area contributed by atoms with Crippen LogP contribution in [0.2, 0.25) is 0 Å². The molecule has 35 heavy (non-hydrogen) atoms. The minimum absolute atomic E-state index is 0.0509. The predicted octanol–water partition coefficient (Wildman–Crippen LogP) is 4.84. The third-order valence-corrected chi connectivity index (χ3v) is 7.58. The molecule has 1 amide bonds. The molecule has 0 bridgehead atoms. The SMILES string of the molecule is COC(=O)N1c2ccc3c(nc(CCc4cc(C)no4)n3C3CCC(C(=O)O)CC3)c2CCC1C. The number of methoxy groups -OCH3 is 1. The van der Waals surface area contributed by atoms with Gasteiger partial charge in [-0.05, 0) is 64.5 Å². The van der Waals surface area contributed by atoms with E-state index in [1.54, 1.807) is 4.90 Å². The Hall–Kier alpha value is -3.36. The number of carbonyl (C=O) groups is 2. The van der Waals surface area contributed by atoms with E-state index in [0.29, 0.717) is 25.7 Å². The summed E-state index contributed by atoms with van der Waals surface area (Å²) in [5.41, 5.74) is 4.75. The summed E-state index contributed by atoms with van der Waals surface area (Å²) >= 11 is 0. The van der Waals surface area contributed by atoms with Crippen molar-refractivity contribution < 1.29 is 24.0 Å². The van der Waals surface area contributed by atoms with Crippen molar-refractivity contribution in [2.75, 3.05) is 12.0 Å². The quantitative estimate of drug-likeness (QED) is 0.556. The maximum absolute atomic E-state index is 12.6. The summed E-state index contributed by atoms with van der Waals surface area (Å²) in [6.45, 7) is 3.94. The lowest BCUT2D eigenvalue weighted by Gasteiger charge is -2.34. The fraction of sp³-hybridized carbons (Fsp3) is 0.538. The van der Waals surface area contributed by atoms with Gasteiger partial charge in [-0.1, -0.05) is 5.16 Å². The molecule has 5 rings (SSSR count). The number of ether oxygens (including phenoxy) is 1. The number of aryl methyl sites for hydroxylation is 4. The van der Waals surface area contributed by atoms with Gasteiger partial charge in [-0.25, -0.2) is 9.78 Å². The van der Waals surface area contributed by atoms with Crippen molar-refractivity contribution in [2.24, 2.45) is 5.92 Å². The van der Waals surface area contributed by atoms with Crippen LogP contribution in [-0.2, 0) is 28.8 Å². The summed E-state index contributed by atoms with van der Waals surface area (Å²) in [5, 5.41) is 13.5. The summed E-state index contributed by atoms with van der Waals surface area (Å²) in [4.78, 5) is 30.9. The van der Waals surface area contributed by atoms with E-state index in [1.165, 1.54) is 7.11 Å². The lowest BCUT2D eigenvalue weighted by molar-refractivity contribution is -0.143. The highest BCUT2D eigenvalue weighted by Crippen LogP contribution is 2.40. The molecular weight excluding hydrogens is 448 g/mol. The lowest BCUT2D eigenvalue weighted by Crippen LogP contribution is -2.42. The number of hydrogen-bond acceptors (Lipinski definition) is 6. The van der Waals surface area contributed by atoms with Crippen molar-refractivity contribution >= 4 is 28.8 Å². The zero-order chi connectivity index (χ0) is 24.7. The fourth-order valence-electron chi connectivity index (χ4n) is 5.76. The Morgan fingerprint density at radius 1 is 1.17 bits per heavy atom. The Kier molecular flexibility index (Phi) is 6.25. The minimum Gasteiger partial charge on any atom is -0.481 e. The second kappa shape index (κ2) is 9.36. The van der Waals surface area contributed by atoms with Crippen LogP contribution in [0.25, 0.3) is 11.0 Å². The summed E-state index contributed by atoms with van der Waals surface area (Å²) in [6.07, 6.45) is 5.63. The molecule has 0 radical (unpaired) electrons. The highest BCUT2D eigenvalue weighted by atomic mass is 16.5. The van der Waals surface area contributed by atoms with Gasteiger partial charge in [0.05, 0.1) is 35.4 Å². The van der Waals surface area contributed by atoms with Crippen LogP contribution in [0.1, 0.15) is 67.9 Å².